The molecule has 0 saturated heterocycles. The Morgan fingerprint density at radius 2 is 1.70 bits per heavy atom. The fourth-order valence-electron chi connectivity index (χ4n) is 3.62. The largest absolute Gasteiger partial charge is 0.491 e. The van der Waals surface area contributed by atoms with Crippen molar-refractivity contribution >= 4 is 11.0 Å². The van der Waals surface area contributed by atoms with Crippen LogP contribution in [0.3, 0.4) is 0 Å². The molecule has 162 valence electrons. The van der Waals surface area contributed by atoms with Gasteiger partial charge in [-0.05, 0) is 47.4 Å². The third kappa shape index (κ3) is 4.70. The van der Waals surface area contributed by atoms with Crippen molar-refractivity contribution in [1.29, 1.82) is 0 Å². The van der Waals surface area contributed by atoms with Gasteiger partial charge in [0.25, 0.3) is 0 Å². The van der Waals surface area contributed by atoms with Gasteiger partial charge < -0.3 is 14.4 Å². The summed E-state index contributed by atoms with van der Waals surface area (Å²) in [4.78, 5) is 4.40. The van der Waals surface area contributed by atoms with Crippen LogP contribution in [-0.2, 0) is 17.4 Å². The minimum atomic E-state index is -0.619. The summed E-state index contributed by atoms with van der Waals surface area (Å²) in [6.45, 7) is 14.2. The minimum Gasteiger partial charge on any atom is -0.491 e. The molecular formula is C26H36N2O2. The molecule has 4 nitrogen and oxygen atoms in total. The number of aliphatic hydroxyl groups is 1. The average Bonchev–Trinajstić information content (AvgIpc) is 3.15. The van der Waals surface area contributed by atoms with Crippen LogP contribution >= 0.6 is 0 Å². The summed E-state index contributed by atoms with van der Waals surface area (Å²) in [6, 6.07) is 14.5. The first kappa shape index (κ1) is 22.4. The smallest absolute Gasteiger partial charge is 0.123 e. The topological polar surface area (TPSA) is 47.3 Å². The third-order valence-corrected chi connectivity index (χ3v) is 6.62. The molecule has 0 saturated carbocycles. The Hall–Kier alpha value is -2.33. The maximum Gasteiger partial charge on any atom is 0.123 e. The van der Waals surface area contributed by atoms with Gasteiger partial charge in [0.15, 0.2) is 0 Å². The summed E-state index contributed by atoms with van der Waals surface area (Å²) < 4.78 is 8.14. The normalized spacial score (nSPS) is 13.6. The van der Waals surface area contributed by atoms with Crippen molar-refractivity contribution in [2.24, 2.45) is 0 Å². The molecular weight excluding hydrogens is 372 g/mol. The predicted octanol–water partition coefficient (Wildman–Crippen LogP) is 5.85. The van der Waals surface area contributed by atoms with Crippen LogP contribution in [0.15, 0.2) is 48.8 Å². The average molecular weight is 409 g/mol. The molecule has 1 N–H and O–H groups in total. The first-order valence-electron chi connectivity index (χ1n) is 11.0. The second-order valence-corrected chi connectivity index (χ2v) is 9.54. The number of ether oxygens (including phenoxy) is 1. The number of aliphatic hydroxyl groups excluding tert-OH is 1. The summed E-state index contributed by atoms with van der Waals surface area (Å²) in [6.07, 6.45) is 3.26. The lowest BCUT2D eigenvalue weighted by molar-refractivity contribution is 0.0923. The molecule has 0 amide bonds. The van der Waals surface area contributed by atoms with Crippen LogP contribution < -0.4 is 4.74 Å². The molecule has 0 radical (unpaired) electrons. The van der Waals surface area contributed by atoms with Gasteiger partial charge >= 0.3 is 0 Å². The van der Waals surface area contributed by atoms with Gasteiger partial charge in [-0.25, -0.2) is 4.98 Å². The van der Waals surface area contributed by atoms with Gasteiger partial charge in [0, 0.05) is 5.56 Å². The van der Waals surface area contributed by atoms with Crippen molar-refractivity contribution in [2.75, 3.05) is 6.61 Å². The van der Waals surface area contributed by atoms with Crippen LogP contribution in [-0.4, -0.2) is 27.4 Å². The Morgan fingerprint density at radius 3 is 2.40 bits per heavy atom. The molecule has 0 aliphatic carbocycles. The third-order valence-electron chi connectivity index (χ3n) is 6.62. The Kier molecular flexibility index (Phi) is 6.56. The predicted molar refractivity (Wildman–Crippen MR) is 124 cm³/mol. The van der Waals surface area contributed by atoms with E-state index in [1.54, 1.807) is 6.33 Å². The molecule has 30 heavy (non-hydrogen) atoms. The second kappa shape index (κ2) is 8.81. The molecule has 1 atom stereocenters. The van der Waals surface area contributed by atoms with Gasteiger partial charge in [0.05, 0.1) is 23.9 Å². The van der Waals surface area contributed by atoms with Crippen molar-refractivity contribution in [2.45, 2.75) is 77.9 Å². The number of benzene rings is 2. The zero-order valence-electron chi connectivity index (χ0n) is 19.3. The number of para-hydroxylation sites is 2. The first-order valence-corrected chi connectivity index (χ1v) is 11.0. The SMILES string of the molecule is CCC(C)(C)c1ccc(OCC(O)Cn2cnc3ccccc32)c(C(C)(C)CC)c1. The number of aromatic nitrogens is 2. The van der Waals surface area contributed by atoms with E-state index in [4.69, 9.17) is 4.74 Å². The number of hydrogen-bond donors (Lipinski definition) is 1. The number of hydrogen-bond acceptors (Lipinski definition) is 3. The van der Waals surface area contributed by atoms with Gasteiger partial charge in [0.2, 0.25) is 0 Å². The molecule has 1 unspecified atom stereocenters. The lowest BCUT2D eigenvalue weighted by atomic mass is 9.76. The fraction of sp³-hybridized carbons (Fsp3) is 0.500. The van der Waals surface area contributed by atoms with Crippen molar-refractivity contribution in [3.63, 3.8) is 0 Å². The Balaban J connectivity index is 1.78. The minimum absolute atomic E-state index is 0.000662. The van der Waals surface area contributed by atoms with Gasteiger partial charge in [-0.2, -0.15) is 0 Å². The van der Waals surface area contributed by atoms with Crippen LogP contribution in [0.25, 0.3) is 11.0 Å². The molecule has 3 rings (SSSR count). The van der Waals surface area contributed by atoms with E-state index in [-0.39, 0.29) is 17.4 Å². The number of fused-ring (bicyclic) bond motifs is 1. The van der Waals surface area contributed by atoms with Crippen molar-refractivity contribution in [3.05, 3.63) is 59.9 Å². The second-order valence-electron chi connectivity index (χ2n) is 9.54. The highest BCUT2D eigenvalue weighted by Gasteiger charge is 2.27. The Bertz CT molecular complexity index is 988. The van der Waals surface area contributed by atoms with E-state index in [1.807, 2.05) is 28.8 Å². The molecule has 0 aliphatic rings. The standard InChI is InChI=1S/C26H36N2O2/c1-7-25(3,4)19-13-14-24(21(15-19)26(5,6)8-2)30-17-20(29)16-28-18-27-22-11-9-10-12-23(22)28/h9-15,18,20,29H,7-8,16-17H2,1-6H3. The molecule has 0 spiro atoms. The van der Waals surface area contributed by atoms with E-state index >= 15 is 0 Å². The van der Waals surface area contributed by atoms with Crippen molar-refractivity contribution in [3.8, 4) is 5.75 Å². The Labute approximate surface area is 180 Å². The van der Waals surface area contributed by atoms with Gasteiger partial charge in [-0.1, -0.05) is 65.8 Å². The van der Waals surface area contributed by atoms with Crippen LogP contribution in [0.5, 0.6) is 5.75 Å². The van der Waals surface area contributed by atoms with Crippen LogP contribution in [0.4, 0.5) is 0 Å². The van der Waals surface area contributed by atoms with E-state index in [0.29, 0.717) is 6.54 Å². The summed E-state index contributed by atoms with van der Waals surface area (Å²) >= 11 is 0. The molecule has 3 aromatic rings. The molecule has 0 bridgehead atoms. The monoisotopic (exact) mass is 408 g/mol. The van der Waals surface area contributed by atoms with Crippen LogP contribution in [0.2, 0.25) is 0 Å². The highest BCUT2D eigenvalue weighted by Crippen LogP contribution is 2.38. The highest BCUT2D eigenvalue weighted by molar-refractivity contribution is 5.74. The van der Waals surface area contributed by atoms with Crippen LogP contribution in [0.1, 0.15) is 65.5 Å². The molecule has 1 aromatic heterocycles. The maximum absolute atomic E-state index is 10.6. The summed E-state index contributed by atoms with van der Waals surface area (Å²) in [5, 5.41) is 10.6. The number of imidazole rings is 1. The fourth-order valence-corrected chi connectivity index (χ4v) is 3.62. The molecule has 0 fully saturated rings. The lowest BCUT2D eigenvalue weighted by Crippen LogP contribution is -2.25. The first-order chi connectivity index (χ1) is 14.2. The Morgan fingerprint density at radius 1 is 1.00 bits per heavy atom. The molecule has 1 heterocycles. The van der Waals surface area contributed by atoms with Gasteiger partial charge in [-0.15, -0.1) is 0 Å². The van der Waals surface area contributed by atoms with Gasteiger partial charge in [0.1, 0.15) is 18.5 Å². The van der Waals surface area contributed by atoms with Crippen molar-refractivity contribution < 1.29 is 9.84 Å². The zero-order valence-corrected chi connectivity index (χ0v) is 19.3. The molecule has 4 heteroatoms. The van der Waals surface area contributed by atoms with E-state index in [1.165, 1.54) is 11.1 Å². The zero-order chi connectivity index (χ0) is 21.9. The van der Waals surface area contributed by atoms with E-state index < -0.39 is 6.10 Å². The van der Waals surface area contributed by atoms with Crippen molar-refractivity contribution in [1.82, 2.24) is 9.55 Å². The van der Waals surface area contributed by atoms with Crippen LogP contribution in [0, 0.1) is 0 Å². The van der Waals surface area contributed by atoms with Gasteiger partial charge in [-0.3, -0.25) is 0 Å². The lowest BCUT2D eigenvalue weighted by Gasteiger charge is -2.30. The summed E-state index contributed by atoms with van der Waals surface area (Å²) in [5.74, 6) is 0.868. The number of nitrogens with zero attached hydrogens (tertiary/aromatic N) is 2. The summed E-state index contributed by atoms with van der Waals surface area (Å²) in [7, 11) is 0. The quantitative estimate of drug-likeness (QED) is 0.483. The maximum atomic E-state index is 10.6. The molecule has 0 aliphatic heterocycles. The highest BCUT2D eigenvalue weighted by atomic mass is 16.5. The van der Waals surface area contributed by atoms with E-state index in [2.05, 4.69) is 64.7 Å². The summed E-state index contributed by atoms with van der Waals surface area (Å²) in [5.41, 5.74) is 4.63. The number of rotatable bonds is 9. The van der Waals surface area contributed by atoms with E-state index in [9.17, 15) is 5.11 Å². The molecule has 2 aromatic carbocycles. The van der Waals surface area contributed by atoms with E-state index in [0.717, 1.165) is 29.6 Å².